The summed E-state index contributed by atoms with van der Waals surface area (Å²) >= 11 is 0. The molecule has 37 heavy (non-hydrogen) atoms. The highest BCUT2D eigenvalue weighted by molar-refractivity contribution is 5.99. The third-order valence-corrected chi connectivity index (χ3v) is 6.28. The molecule has 0 radical (unpaired) electrons. The Morgan fingerprint density at radius 2 is 1.70 bits per heavy atom. The number of amides is 5. The Hall–Kier alpha value is -2.89. The standard InChI is InChI=1S/C25H44N6O6/c1-15(2)13-16(19(26)32)27-22(35)25(10-11-25)29-20(33)18-9-8-12-31(18)21(34)17(14-30(6)7)28-23(36)37-24(3,4)5/h15-18H,8-14H2,1-7H3,(H2,26,32)(H,27,35)(H,28,36)(H,29,33)/t16-,17-,18-/m0/s1. The van der Waals surface area contributed by atoms with E-state index in [2.05, 4.69) is 16.0 Å². The van der Waals surface area contributed by atoms with Gasteiger partial charge in [-0.25, -0.2) is 4.79 Å². The number of alkyl carbamates (subject to hydrolysis) is 1. The molecule has 0 spiro atoms. The Labute approximate surface area is 219 Å². The molecule has 0 unspecified atom stereocenters. The molecule has 0 aromatic heterocycles. The van der Waals surface area contributed by atoms with Crippen molar-refractivity contribution in [1.29, 1.82) is 0 Å². The van der Waals surface area contributed by atoms with Gasteiger partial charge in [-0.1, -0.05) is 13.8 Å². The Balaban J connectivity index is 2.09. The molecular formula is C25H44N6O6. The molecule has 1 aliphatic carbocycles. The van der Waals surface area contributed by atoms with Gasteiger partial charge < -0.3 is 36.2 Å². The zero-order valence-electron chi connectivity index (χ0n) is 23.2. The van der Waals surface area contributed by atoms with E-state index in [9.17, 15) is 24.0 Å². The van der Waals surface area contributed by atoms with Crippen LogP contribution in [-0.4, -0.2) is 96.0 Å². The maximum Gasteiger partial charge on any atom is 0.408 e. The molecule has 5 N–H and O–H groups in total. The summed E-state index contributed by atoms with van der Waals surface area (Å²) in [4.78, 5) is 67.1. The third-order valence-electron chi connectivity index (χ3n) is 6.28. The number of hydrogen-bond acceptors (Lipinski definition) is 7. The fourth-order valence-corrected chi connectivity index (χ4v) is 4.37. The predicted molar refractivity (Wildman–Crippen MR) is 137 cm³/mol. The second-order valence-corrected chi connectivity index (χ2v) is 11.8. The summed E-state index contributed by atoms with van der Waals surface area (Å²) in [5.74, 6) is -1.75. The van der Waals surface area contributed by atoms with Crippen LogP contribution in [0, 0.1) is 5.92 Å². The molecule has 2 rings (SSSR count). The monoisotopic (exact) mass is 524 g/mol. The minimum Gasteiger partial charge on any atom is -0.444 e. The highest BCUT2D eigenvalue weighted by Crippen LogP contribution is 2.36. The highest BCUT2D eigenvalue weighted by Gasteiger charge is 2.53. The topological polar surface area (TPSA) is 163 Å². The molecule has 3 atom stereocenters. The second-order valence-electron chi connectivity index (χ2n) is 11.8. The van der Waals surface area contributed by atoms with Gasteiger partial charge in [0.2, 0.25) is 23.6 Å². The summed E-state index contributed by atoms with van der Waals surface area (Å²) in [6.45, 7) is 9.61. The zero-order valence-corrected chi connectivity index (χ0v) is 23.2. The van der Waals surface area contributed by atoms with Crippen LogP contribution >= 0.6 is 0 Å². The molecule has 1 saturated carbocycles. The second kappa shape index (κ2) is 12.1. The largest absolute Gasteiger partial charge is 0.444 e. The van der Waals surface area contributed by atoms with Crippen LogP contribution in [0.15, 0.2) is 0 Å². The maximum absolute atomic E-state index is 13.5. The van der Waals surface area contributed by atoms with Gasteiger partial charge in [0.15, 0.2) is 0 Å². The number of likely N-dealkylation sites (tertiary alicyclic amines) is 1. The van der Waals surface area contributed by atoms with E-state index in [-0.39, 0.29) is 12.5 Å². The summed E-state index contributed by atoms with van der Waals surface area (Å²) < 4.78 is 5.31. The van der Waals surface area contributed by atoms with Crippen LogP contribution in [0.4, 0.5) is 4.79 Å². The number of carbonyl (C=O) groups is 5. The van der Waals surface area contributed by atoms with E-state index in [0.29, 0.717) is 38.6 Å². The molecule has 1 aliphatic heterocycles. The Bertz CT molecular complexity index is 879. The van der Waals surface area contributed by atoms with Crippen molar-refractivity contribution >= 4 is 29.7 Å². The highest BCUT2D eigenvalue weighted by atomic mass is 16.6. The van der Waals surface area contributed by atoms with Crippen molar-refractivity contribution < 1.29 is 28.7 Å². The quantitative estimate of drug-likeness (QED) is 0.298. The summed E-state index contributed by atoms with van der Waals surface area (Å²) in [6.07, 6.45) is 1.60. The van der Waals surface area contributed by atoms with Crippen molar-refractivity contribution in [3.63, 3.8) is 0 Å². The molecule has 12 heteroatoms. The fourth-order valence-electron chi connectivity index (χ4n) is 4.37. The van der Waals surface area contributed by atoms with E-state index < -0.39 is 59.0 Å². The SMILES string of the molecule is CC(C)C[C@H](NC(=O)C1(NC(=O)[C@@H]2CCCN2C(=O)[C@H](CN(C)C)NC(=O)OC(C)(C)C)CC1)C(N)=O. The van der Waals surface area contributed by atoms with Gasteiger partial charge in [-0.2, -0.15) is 0 Å². The van der Waals surface area contributed by atoms with E-state index in [1.165, 1.54) is 4.90 Å². The maximum atomic E-state index is 13.5. The number of nitrogens with two attached hydrogens (primary N) is 1. The van der Waals surface area contributed by atoms with Crippen LogP contribution in [0.25, 0.3) is 0 Å². The van der Waals surface area contributed by atoms with Crippen molar-refractivity contribution in [2.75, 3.05) is 27.2 Å². The number of ether oxygens (including phenoxy) is 1. The predicted octanol–water partition coefficient (Wildman–Crippen LogP) is 0.0973. The van der Waals surface area contributed by atoms with Gasteiger partial charge in [0.1, 0.15) is 29.3 Å². The number of nitrogens with zero attached hydrogens (tertiary/aromatic N) is 2. The van der Waals surface area contributed by atoms with Gasteiger partial charge in [-0.05, 0) is 72.9 Å². The first-order valence-electron chi connectivity index (χ1n) is 12.9. The van der Waals surface area contributed by atoms with Crippen molar-refractivity contribution in [2.45, 2.75) is 96.0 Å². The molecule has 5 amide bonds. The van der Waals surface area contributed by atoms with E-state index in [1.54, 1.807) is 39.8 Å². The molecule has 0 bridgehead atoms. The average Bonchev–Trinajstić information content (AvgIpc) is 3.35. The molecule has 210 valence electrons. The Morgan fingerprint density at radius 1 is 1.08 bits per heavy atom. The van der Waals surface area contributed by atoms with Gasteiger partial charge in [0, 0.05) is 13.1 Å². The van der Waals surface area contributed by atoms with Crippen molar-refractivity contribution in [3.05, 3.63) is 0 Å². The molecule has 0 aromatic carbocycles. The molecule has 2 fully saturated rings. The summed E-state index contributed by atoms with van der Waals surface area (Å²) in [6, 6.07) is -2.51. The van der Waals surface area contributed by atoms with E-state index >= 15 is 0 Å². The number of nitrogens with one attached hydrogen (secondary N) is 3. The lowest BCUT2D eigenvalue weighted by Crippen LogP contribution is -2.59. The number of hydrogen-bond donors (Lipinski definition) is 4. The number of primary amides is 1. The first kappa shape index (κ1) is 30.3. The van der Waals surface area contributed by atoms with E-state index in [4.69, 9.17) is 10.5 Å². The van der Waals surface area contributed by atoms with Crippen molar-refractivity contribution in [3.8, 4) is 0 Å². The Kier molecular flexibility index (Phi) is 9.92. The van der Waals surface area contributed by atoms with Gasteiger partial charge in [-0.15, -0.1) is 0 Å². The lowest BCUT2D eigenvalue weighted by molar-refractivity contribution is -0.141. The van der Waals surface area contributed by atoms with Gasteiger partial charge in [0.25, 0.3) is 0 Å². The van der Waals surface area contributed by atoms with Gasteiger partial charge in [-0.3, -0.25) is 19.2 Å². The molecular weight excluding hydrogens is 480 g/mol. The first-order valence-corrected chi connectivity index (χ1v) is 12.9. The van der Waals surface area contributed by atoms with Crippen LogP contribution in [0.2, 0.25) is 0 Å². The van der Waals surface area contributed by atoms with Crippen molar-refractivity contribution in [1.82, 2.24) is 25.8 Å². The van der Waals surface area contributed by atoms with Crippen LogP contribution in [0.5, 0.6) is 0 Å². The smallest absolute Gasteiger partial charge is 0.408 e. The average molecular weight is 525 g/mol. The molecule has 12 nitrogen and oxygen atoms in total. The number of carbonyl (C=O) groups excluding carboxylic acids is 5. The summed E-state index contributed by atoms with van der Waals surface area (Å²) in [5.41, 5.74) is 3.61. The summed E-state index contributed by atoms with van der Waals surface area (Å²) in [7, 11) is 3.55. The van der Waals surface area contributed by atoms with Crippen LogP contribution < -0.4 is 21.7 Å². The zero-order chi connectivity index (χ0) is 28.1. The minimum atomic E-state index is -1.11. The third kappa shape index (κ3) is 8.87. The molecule has 0 aromatic rings. The van der Waals surface area contributed by atoms with Gasteiger partial charge in [0.05, 0.1) is 0 Å². The normalized spacial score (nSPS) is 20.2. The van der Waals surface area contributed by atoms with Gasteiger partial charge >= 0.3 is 6.09 Å². The van der Waals surface area contributed by atoms with Crippen molar-refractivity contribution in [2.24, 2.45) is 11.7 Å². The van der Waals surface area contributed by atoms with Crippen LogP contribution in [0.1, 0.15) is 66.7 Å². The van der Waals surface area contributed by atoms with E-state index in [1.807, 2.05) is 13.8 Å². The molecule has 1 saturated heterocycles. The first-order chi connectivity index (χ1) is 17.0. The number of rotatable bonds is 11. The summed E-state index contributed by atoms with van der Waals surface area (Å²) in [5, 5.41) is 8.14. The number of likely N-dealkylation sites (N-methyl/N-ethyl adjacent to an activating group) is 1. The molecule has 1 heterocycles. The molecule has 2 aliphatic rings. The van der Waals surface area contributed by atoms with Crippen LogP contribution in [-0.2, 0) is 23.9 Å². The van der Waals surface area contributed by atoms with Crippen LogP contribution in [0.3, 0.4) is 0 Å². The minimum absolute atomic E-state index is 0.144. The van der Waals surface area contributed by atoms with E-state index in [0.717, 1.165) is 0 Å². The Morgan fingerprint density at radius 3 is 2.19 bits per heavy atom. The lowest BCUT2D eigenvalue weighted by atomic mass is 10.0. The lowest BCUT2D eigenvalue weighted by Gasteiger charge is -2.31. The fraction of sp³-hybridized carbons (Fsp3) is 0.800.